The van der Waals surface area contributed by atoms with Crippen molar-refractivity contribution in [2.24, 2.45) is 0 Å². The second-order valence-corrected chi connectivity index (χ2v) is 9.75. The highest BCUT2D eigenvalue weighted by Gasteiger charge is 2.53. The average Bonchev–Trinajstić information content (AvgIpc) is 3.13. The fourth-order valence-corrected chi connectivity index (χ4v) is 6.05. The first kappa shape index (κ1) is 21.9. The van der Waals surface area contributed by atoms with Gasteiger partial charge < -0.3 is 15.0 Å². The zero-order chi connectivity index (χ0) is 20.1. The van der Waals surface area contributed by atoms with Gasteiger partial charge in [0.05, 0.1) is 11.5 Å². The molecule has 2 rings (SSSR count). The van der Waals surface area contributed by atoms with E-state index in [1.165, 1.54) is 0 Å². The molecule has 7 heteroatoms. The van der Waals surface area contributed by atoms with Crippen molar-refractivity contribution >= 4 is 15.7 Å². The Morgan fingerprint density at radius 1 is 1.22 bits per heavy atom. The second kappa shape index (κ2) is 9.17. The molecule has 152 valence electrons. The summed E-state index contributed by atoms with van der Waals surface area (Å²) >= 11 is 0. The lowest BCUT2D eigenvalue weighted by Crippen LogP contribution is -2.52. The van der Waals surface area contributed by atoms with Gasteiger partial charge in [0, 0.05) is 26.7 Å². The van der Waals surface area contributed by atoms with Crippen LogP contribution in [0.3, 0.4) is 0 Å². The van der Waals surface area contributed by atoms with Gasteiger partial charge in [-0.25, -0.2) is 8.42 Å². The van der Waals surface area contributed by atoms with Crippen LogP contribution in [0.25, 0.3) is 0 Å². The summed E-state index contributed by atoms with van der Waals surface area (Å²) in [7, 11) is -0.165. The van der Waals surface area contributed by atoms with Gasteiger partial charge in [0.15, 0.2) is 14.6 Å². The second-order valence-electron chi connectivity index (χ2n) is 7.53. The highest BCUT2D eigenvalue weighted by atomic mass is 32.2. The van der Waals surface area contributed by atoms with E-state index in [1.807, 2.05) is 31.0 Å². The first-order valence-electron chi connectivity index (χ1n) is 9.52. The Hall–Kier alpha value is -1.44. The minimum atomic E-state index is -3.76. The van der Waals surface area contributed by atoms with Crippen LogP contribution in [-0.2, 0) is 19.4 Å². The van der Waals surface area contributed by atoms with Crippen molar-refractivity contribution in [3.63, 3.8) is 0 Å². The fourth-order valence-electron chi connectivity index (χ4n) is 3.65. The van der Waals surface area contributed by atoms with Crippen molar-refractivity contribution in [1.29, 1.82) is 0 Å². The molecule has 1 amide bonds. The molecule has 0 radical (unpaired) electrons. The first-order chi connectivity index (χ1) is 12.7. The molecule has 1 fully saturated rings. The van der Waals surface area contributed by atoms with Gasteiger partial charge in [-0.3, -0.25) is 4.79 Å². The summed E-state index contributed by atoms with van der Waals surface area (Å²) in [4.78, 5) is 15.4. The summed E-state index contributed by atoms with van der Waals surface area (Å²) in [6.45, 7) is 6.11. The lowest BCUT2D eigenvalue weighted by atomic mass is 10.1. The maximum Gasteiger partial charge on any atom is 0.241 e. The summed E-state index contributed by atoms with van der Waals surface area (Å²) in [5, 5.41) is 2.88. The highest BCUT2D eigenvalue weighted by molar-refractivity contribution is 7.93. The molecule has 0 bridgehead atoms. The molecule has 0 unspecified atom stereocenters. The number of ether oxygens (including phenoxy) is 1. The van der Waals surface area contributed by atoms with E-state index in [0.29, 0.717) is 38.1 Å². The number of hydrogen-bond donors (Lipinski definition) is 1. The van der Waals surface area contributed by atoms with E-state index in [9.17, 15) is 13.2 Å². The molecular formula is C20H32N2O4S. The molecule has 1 N–H and O–H groups in total. The van der Waals surface area contributed by atoms with Gasteiger partial charge in [-0.05, 0) is 50.9 Å². The number of carbonyl (C=O) groups excluding carboxylic acids is 1. The van der Waals surface area contributed by atoms with Crippen molar-refractivity contribution in [3.8, 4) is 0 Å². The van der Waals surface area contributed by atoms with Crippen molar-refractivity contribution in [3.05, 3.63) is 29.3 Å². The van der Waals surface area contributed by atoms with E-state index in [0.717, 1.165) is 24.9 Å². The Morgan fingerprint density at radius 3 is 2.52 bits per heavy atom. The summed E-state index contributed by atoms with van der Waals surface area (Å²) in [5.41, 5.74) is 1.58. The largest absolute Gasteiger partial charge is 0.383 e. The molecule has 0 atom stereocenters. The van der Waals surface area contributed by atoms with Gasteiger partial charge >= 0.3 is 0 Å². The van der Waals surface area contributed by atoms with Crippen LogP contribution < -0.4 is 5.32 Å². The maximum atomic E-state index is 13.5. The fraction of sp³-hybridized carbons (Fsp3) is 0.650. The van der Waals surface area contributed by atoms with Gasteiger partial charge in [0.1, 0.15) is 0 Å². The Kier molecular flexibility index (Phi) is 7.42. The first-order valence-corrected chi connectivity index (χ1v) is 11.0. The topological polar surface area (TPSA) is 75.7 Å². The minimum Gasteiger partial charge on any atom is -0.383 e. The predicted octanol–water partition coefficient (Wildman–Crippen LogP) is 2.08. The summed E-state index contributed by atoms with van der Waals surface area (Å²) < 4.78 is 30.7. The van der Waals surface area contributed by atoms with Crippen LogP contribution in [-0.4, -0.2) is 64.4 Å². The summed E-state index contributed by atoms with van der Waals surface area (Å²) in [5.74, 6) is -0.360. The van der Waals surface area contributed by atoms with Crippen LogP contribution >= 0.6 is 0 Å². The van der Waals surface area contributed by atoms with E-state index in [-0.39, 0.29) is 10.8 Å². The van der Waals surface area contributed by atoms with Crippen molar-refractivity contribution in [1.82, 2.24) is 10.2 Å². The van der Waals surface area contributed by atoms with Crippen LogP contribution in [0.4, 0.5) is 0 Å². The molecule has 1 aromatic carbocycles. The maximum absolute atomic E-state index is 13.5. The molecule has 0 aliphatic heterocycles. The highest BCUT2D eigenvalue weighted by Crippen LogP contribution is 2.41. The Labute approximate surface area is 163 Å². The normalized spacial score (nSPS) is 16.6. The Morgan fingerprint density at radius 2 is 1.89 bits per heavy atom. The number of nitrogens with one attached hydrogen (secondary N) is 1. The lowest BCUT2D eigenvalue weighted by molar-refractivity contribution is -0.123. The molecule has 0 heterocycles. The summed E-state index contributed by atoms with van der Waals surface area (Å²) in [6.07, 6.45) is 2.28. The zero-order valence-corrected chi connectivity index (χ0v) is 17.7. The van der Waals surface area contributed by atoms with E-state index < -0.39 is 14.6 Å². The number of methoxy groups -OCH3 is 1. The molecular weight excluding hydrogens is 364 g/mol. The number of hydrogen-bond acceptors (Lipinski definition) is 5. The number of benzene rings is 1. The van der Waals surface area contributed by atoms with Crippen LogP contribution in [0.1, 0.15) is 36.8 Å². The van der Waals surface area contributed by atoms with Gasteiger partial charge in [0.2, 0.25) is 5.91 Å². The molecule has 0 spiro atoms. The number of sulfone groups is 1. The molecule has 0 saturated heterocycles. The summed E-state index contributed by atoms with van der Waals surface area (Å²) in [6, 6.07) is 5.40. The minimum absolute atomic E-state index is 0.289. The number of nitrogens with zero attached hydrogens (tertiary/aromatic N) is 1. The standard InChI is InChI=1S/C20H32N2O4S/c1-16-7-8-17(2)18(15-16)27(24,25)20(9-5-6-10-20)19(23)21-11-12-22(3)13-14-26-4/h7-8,15H,5-6,9-14H2,1-4H3,(H,21,23). The molecule has 27 heavy (non-hydrogen) atoms. The Bertz CT molecular complexity index is 755. The molecule has 6 nitrogen and oxygen atoms in total. The zero-order valence-electron chi connectivity index (χ0n) is 16.9. The van der Waals surface area contributed by atoms with E-state index in [2.05, 4.69) is 5.32 Å². The molecule has 1 saturated carbocycles. The lowest BCUT2D eigenvalue weighted by Gasteiger charge is -2.29. The van der Waals surface area contributed by atoms with E-state index >= 15 is 0 Å². The number of carbonyl (C=O) groups is 1. The third-order valence-corrected chi connectivity index (χ3v) is 8.07. The van der Waals surface area contributed by atoms with Crippen LogP contribution in [0.5, 0.6) is 0 Å². The predicted molar refractivity (Wildman–Crippen MR) is 107 cm³/mol. The van der Waals surface area contributed by atoms with Gasteiger partial charge in [0.25, 0.3) is 0 Å². The van der Waals surface area contributed by atoms with E-state index in [4.69, 9.17) is 4.74 Å². The number of aryl methyl sites for hydroxylation is 2. The average molecular weight is 397 g/mol. The monoisotopic (exact) mass is 396 g/mol. The van der Waals surface area contributed by atoms with Crippen LogP contribution in [0, 0.1) is 13.8 Å². The SMILES string of the molecule is COCCN(C)CCNC(=O)C1(S(=O)(=O)c2cc(C)ccc2C)CCCC1. The quantitative estimate of drug-likeness (QED) is 0.692. The van der Waals surface area contributed by atoms with Gasteiger partial charge in [-0.15, -0.1) is 0 Å². The molecule has 1 aliphatic rings. The van der Waals surface area contributed by atoms with Crippen molar-refractivity contribution in [2.75, 3.05) is 40.4 Å². The third-order valence-electron chi connectivity index (χ3n) is 5.43. The number of amides is 1. The van der Waals surface area contributed by atoms with Crippen molar-refractivity contribution < 1.29 is 17.9 Å². The van der Waals surface area contributed by atoms with Gasteiger partial charge in [-0.1, -0.05) is 25.0 Å². The molecule has 1 aromatic rings. The molecule has 1 aliphatic carbocycles. The van der Waals surface area contributed by atoms with Gasteiger partial charge in [-0.2, -0.15) is 0 Å². The molecule has 0 aromatic heterocycles. The van der Waals surface area contributed by atoms with Crippen LogP contribution in [0.2, 0.25) is 0 Å². The smallest absolute Gasteiger partial charge is 0.241 e. The van der Waals surface area contributed by atoms with E-state index in [1.54, 1.807) is 20.1 Å². The third kappa shape index (κ3) is 4.70. The Balaban J connectivity index is 2.19. The number of likely N-dealkylation sites (N-methyl/N-ethyl adjacent to an activating group) is 1. The van der Waals surface area contributed by atoms with Crippen LogP contribution in [0.15, 0.2) is 23.1 Å². The number of rotatable bonds is 9. The van der Waals surface area contributed by atoms with Crippen molar-refractivity contribution in [2.45, 2.75) is 49.2 Å².